The van der Waals surface area contributed by atoms with Crippen LogP contribution in [0.5, 0.6) is 0 Å². The molecule has 4 nitrogen and oxygen atoms in total. The van der Waals surface area contributed by atoms with E-state index in [9.17, 15) is 4.79 Å². The van der Waals surface area contributed by atoms with Crippen LogP contribution in [0.1, 0.15) is 10.4 Å². The van der Waals surface area contributed by atoms with Crippen molar-refractivity contribution in [2.24, 2.45) is 0 Å². The van der Waals surface area contributed by atoms with Crippen molar-refractivity contribution in [2.45, 2.75) is 0 Å². The van der Waals surface area contributed by atoms with Gasteiger partial charge in [-0.1, -0.05) is 0 Å². The quantitative estimate of drug-likeness (QED) is 0.583. The third-order valence-electron chi connectivity index (χ3n) is 1.43. The van der Waals surface area contributed by atoms with Gasteiger partial charge < -0.3 is 7.43 Å². The second kappa shape index (κ2) is 5.41. The summed E-state index contributed by atoms with van der Waals surface area (Å²) in [6, 6.07) is 1.76. The third-order valence-corrected chi connectivity index (χ3v) is 1.43. The zero-order chi connectivity index (χ0) is 7.68. The number of carbonyl (C=O) groups is 1. The fourth-order valence-corrected chi connectivity index (χ4v) is 0.929. The van der Waals surface area contributed by atoms with Gasteiger partial charge in [0.25, 0.3) is 0 Å². The van der Waals surface area contributed by atoms with Crippen LogP contribution < -0.4 is 0 Å². The largest absolute Gasteiger partial charge is 0.358 e. The van der Waals surface area contributed by atoms with Gasteiger partial charge in [-0.2, -0.15) is 5.10 Å². The Labute approximate surface area is 110 Å². The zero-order valence-electron chi connectivity index (χ0n) is 7.14. The molecule has 0 N–H and O–H groups in total. The van der Waals surface area contributed by atoms with Crippen molar-refractivity contribution < 1.29 is 46.5 Å². The van der Waals surface area contributed by atoms with Gasteiger partial charge in [0.05, 0.1) is 11.8 Å². The Bertz CT molecular complexity index is 399. The van der Waals surface area contributed by atoms with E-state index in [1.807, 2.05) is 0 Å². The predicted molar refractivity (Wildman–Crippen MR) is 44.8 cm³/mol. The fourth-order valence-electron chi connectivity index (χ4n) is 0.929. The first-order valence-corrected chi connectivity index (χ1v) is 3.15. The minimum absolute atomic E-state index is 0. The normalized spacial score (nSPS) is 8.62. The van der Waals surface area contributed by atoms with Crippen LogP contribution >= 0.6 is 0 Å². The number of carbonyl (C=O) groups excluding carboxylic acids is 1. The second-order valence-corrected chi connectivity index (χ2v) is 2.11. The molecule has 0 aliphatic heterocycles. The number of aromatic nitrogens is 3. The van der Waals surface area contributed by atoms with Crippen LogP contribution in [0.2, 0.25) is 0 Å². The predicted octanol–water partition coefficient (Wildman–Crippen LogP) is 0.992. The molecule has 0 atom stereocenters. The van der Waals surface area contributed by atoms with Crippen LogP contribution in [0.25, 0.3) is 5.65 Å². The average molecular weight is 302 g/mol. The van der Waals surface area contributed by atoms with E-state index in [2.05, 4.69) is 10.1 Å². The molecular weight excluding hydrogens is 294 g/mol. The van der Waals surface area contributed by atoms with Crippen LogP contribution in [0, 0.1) is 49.2 Å². The van der Waals surface area contributed by atoms with Gasteiger partial charge in [0.1, 0.15) is 0 Å². The molecule has 2 aromatic rings. The molecule has 2 heterocycles. The summed E-state index contributed by atoms with van der Waals surface area (Å²) in [5, 5.41) is 3.91. The Morgan fingerprint density at radius 3 is 2.92 bits per heavy atom. The standard InChI is InChI=1S/C7H5N3O.CH3.Ce/c11-5-6-4-9-10-3-1-2-8-7(6)10;;/h1-5H;1H3;/q;-1;. The first-order valence-electron chi connectivity index (χ1n) is 3.15. The second-order valence-electron chi connectivity index (χ2n) is 2.11. The van der Waals surface area contributed by atoms with Crippen molar-refractivity contribution in [1.29, 1.82) is 0 Å². The van der Waals surface area contributed by atoms with Gasteiger partial charge in [-0.15, -0.1) is 0 Å². The van der Waals surface area contributed by atoms with E-state index in [4.69, 9.17) is 0 Å². The van der Waals surface area contributed by atoms with E-state index in [1.165, 1.54) is 6.20 Å². The van der Waals surface area contributed by atoms with Gasteiger partial charge in [-0.05, 0) is 6.07 Å². The van der Waals surface area contributed by atoms with E-state index < -0.39 is 0 Å². The smallest absolute Gasteiger partial charge is 0.165 e. The molecule has 0 saturated heterocycles. The minimum atomic E-state index is 0. The fraction of sp³-hybridized carbons (Fsp3) is 0. The number of fused-ring (bicyclic) bond motifs is 1. The van der Waals surface area contributed by atoms with Crippen LogP contribution in [0.4, 0.5) is 0 Å². The first-order chi connectivity index (χ1) is 5.42. The molecule has 0 fully saturated rings. The van der Waals surface area contributed by atoms with E-state index in [-0.39, 0.29) is 49.2 Å². The summed E-state index contributed by atoms with van der Waals surface area (Å²) >= 11 is 0. The van der Waals surface area contributed by atoms with Crippen molar-refractivity contribution in [1.82, 2.24) is 14.6 Å². The minimum Gasteiger partial charge on any atom is -0.358 e. The zero-order valence-corrected chi connectivity index (χ0v) is 10.3. The SMILES string of the molecule is O=Cc1cnn2cccnc12.[CH3-].[Ce]. The van der Waals surface area contributed by atoms with Gasteiger partial charge in [-0.3, -0.25) is 4.79 Å². The van der Waals surface area contributed by atoms with E-state index in [0.29, 0.717) is 11.2 Å². The van der Waals surface area contributed by atoms with Crippen molar-refractivity contribution >= 4 is 11.9 Å². The van der Waals surface area contributed by atoms with Crippen LogP contribution in [0.15, 0.2) is 24.7 Å². The molecule has 2 rings (SSSR count). The van der Waals surface area contributed by atoms with Crippen molar-refractivity contribution in [3.05, 3.63) is 37.6 Å². The Hall–Kier alpha value is -0.333. The molecule has 2 aromatic heterocycles. The summed E-state index contributed by atoms with van der Waals surface area (Å²) in [5.41, 5.74) is 1.12. The molecule has 66 valence electrons. The maximum atomic E-state index is 10.4. The number of hydrogen-bond acceptors (Lipinski definition) is 3. The molecule has 0 saturated carbocycles. The molecular formula is C8H8CeN3O-. The van der Waals surface area contributed by atoms with E-state index in [1.54, 1.807) is 23.0 Å². The van der Waals surface area contributed by atoms with Crippen molar-refractivity contribution in [3.8, 4) is 0 Å². The van der Waals surface area contributed by atoms with Gasteiger partial charge in [-0.25, -0.2) is 9.50 Å². The maximum absolute atomic E-state index is 10.4. The molecule has 0 aliphatic carbocycles. The van der Waals surface area contributed by atoms with E-state index in [0.717, 1.165) is 6.29 Å². The summed E-state index contributed by atoms with van der Waals surface area (Å²) < 4.78 is 1.56. The Balaban J connectivity index is 0.000000720. The number of aldehydes is 1. The number of rotatable bonds is 1. The number of hydrogen-bond donors (Lipinski definition) is 0. The summed E-state index contributed by atoms with van der Waals surface area (Å²) in [7, 11) is 0. The van der Waals surface area contributed by atoms with E-state index >= 15 is 0 Å². The Kier molecular flexibility index (Phi) is 5.27. The van der Waals surface area contributed by atoms with Crippen LogP contribution in [0.3, 0.4) is 0 Å². The molecule has 0 spiro atoms. The molecule has 0 amide bonds. The van der Waals surface area contributed by atoms with Gasteiger partial charge in [0.2, 0.25) is 0 Å². The average Bonchev–Trinajstić information content (AvgIpc) is 2.47. The molecule has 0 aromatic carbocycles. The summed E-state index contributed by atoms with van der Waals surface area (Å²) in [5.74, 6) is 0. The van der Waals surface area contributed by atoms with Gasteiger partial charge in [0, 0.05) is 54.1 Å². The maximum Gasteiger partial charge on any atom is 0.165 e. The van der Waals surface area contributed by atoms with Gasteiger partial charge in [0.15, 0.2) is 11.9 Å². The topological polar surface area (TPSA) is 47.3 Å². The molecule has 5 heteroatoms. The third kappa shape index (κ3) is 2.32. The molecule has 0 unspecified atom stereocenters. The van der Waals surface area contributed by atoms with Gasteiger partial charge >= 0.3 is 0 Å². The molecule has 0 radical (unpaired) electrons. The van der Waals surface area contributed by atoms with Crippen LogP contribution in [-0.4, -0.2) is 20.9 Å². The molecule has 0 bridgehead atoms. The first kappa shape index (κ1) is 12.7. The molecule has 13 heavy (non-hydrogen) atoms. The summed E-state index contributed by atoms with van der Waals surface area (Å²) in [4.78, 5) is 14.4. The monoisotopic (exact) mass is 302 g/mol. The Morgan fingerprint density at radius 2 is 2.23 bits per heavy atom. The van der Waals surface area contributed by atoms with Crippen molar-refractivity contribution in [3.63, 3.8) is 0 Å². The summed E-state index contributed by atoms with van der Waals surface area (Å²) in [6.07, 6.45) is 5.62. The molecule has 0 aliphatic rings. The summed E-state index contributed by atoms with van der Waals surface area (Å²) in [6.45, 7) is 0. The Morgan fingerprint density at radius 1 is 1.46 bits per heavy atom. The van der Waals surface area contributed by atoms with Crippen LogP contribution in [-0.2, 0) is 0 Å². The van der Waals surface area contributed by atoms with Crippen molar-refractivity contribution in [2.75, 3.05) is 0 Å². The number of nitrogens with zero attached hydrogens (tertiary/aromatic N) is 3.